The van der Waals surface area contributed by atoms with Gasteiger partial charge < -0.3 is 30.1 Å². The van der Waals surface area contributed by atoms with E-state index in [1.54, 1.807) is 0 Å². The Morgan fingerprint density at radius 1 is 1.48 bits per heavy atom. The number of halogens is 1. The summed E-state index contributed by atoms with van der Waals surface area (Å²) in [6.45, 7) is -0.467. The van der Waals surface area contributed by atoms with Crippen molar-refractivity contribution in [3.63, 3.8) is 0 Å². The highest BCUT2D eigenvalue weighted by Gasteiger charge is 2.43. The maximum atomic E-state index is 11.7. The summed E-state index contributed by atoms with van der Waals surface area (Å²) >= 11 is 5.82. The van der Waals surface area contributed by atoms with Crippen LogP contribution in [0.3, 0.4) is 0 Å². The van der Waals surface area contributed by atoms with Crippen molar-refractivity contribution in [1.82, 2.24) is 9.97 Å². The van der Waals surface area contributed by atoms with Crippen molar-refractivity contribution < 1.29 is 29.6 Å². The van der Waals surface area contributed by atoms with E-state index in [9.17, 15) is 15.0 Å². The molecule has 0 radical (unpaired) electrons. The molecule has 1 saturated heterocycles. The summed E-state index contributed by atoms with van der Waals surface area (Å²) in [7, 11) is 1.17. The molecule has 0 aromatic carbocycles. The number of aromatic nitrogens is 2. The summed E-state index contributed by atoms with van der Waals surface area (Å²) in [5, 5.41) is 31.0. The minimum absolute atomic E-state index is 0.0170. The van der Waals surface area contributed by atoms with Crippen LogP contribution in [0.15, 0.2) is 6.33 Å². The molecule has 1 aliphatic rings. The lowest BCUT2D eigenvalue weighted by molar-refractivity contribution is -0.0154. The van der Waals surface area contributed by atoms with Crippen molar-refractivity contribution >= 4 is 23.4 Å². The number of aliphatic hydroxyl groups excluding tert-OH is 3. The second-order valence-electron chi connectivity index (χ2n) is 4.28. The van der Waals surface area contributed by atoms with Crippen molar-refractivity contribution in [1.29, 1.82) is 0 Å². The number of carbonyl (C=O) groups is 1. The molecule has 4 atom stereocenters. The fourth-order valence-corrected chi connectivity index (χ4v) is 2.12. The average Bonchev–Trinajstić information content (AvgIpc) is 2.74. The first kappa shape index (κ1) is 15.9. The molecule has 10 heteroatoms. The van der Waals surface area contributed by atoms with Crippen LogP contribution in [-0.4, -0.2) is 69.5 Å². The topological polar surface area (TPSA) is 134 Å². The minimum atomic E-state index is -1.32. The molecule has 2 heterocycles. The van der Waals surface area contributed by atoms with Crippen LogP contribution in [0.25, 0.3) is 0 Å². The van der Waals surface area contributed by atoms with E-state index in [-0.39, 0.29) is 16.5 Å². The van der Waals surface area contributed by atoms with Crippen molar-refractivity contribution in [3.8, 4) is 0 Å². The zero-order valence-electron chi connectivity index (χ0n) is 10.9. The van der Waals surface area contributed by atoms with Gasteiger partial charge >= 0.3 is 5.97 Å². The summed E-state index contributed by atoms with van der Waals surface area (Å²) in [6, 6.07) is 0. The Labute approximate surface area is 124 Å². The Kier molecular flexibility index (Phi) is 4.91. The monoisotopic (exact) mass is 319 g/mol. The van der Waals surface area contributed by atoms with E-state index in [4.69, 9.17) is 21.4 Å². The maximum absolute atomic E-state index is 11.7. The molecule has 0 aliphatic carbocycles. The van der Waals surface area contributed by atoms with Gasteiger partial charge in [-0.3, -0.25) is 0 Å². The lowest BCUT2D eigenvalue weighted by atomic mass is 10.1. The Hall–Kier alpha value is -1.52. The highest BCUT2D eigenvalue weighted by molar-refractivity contribution is 6.33. The molecule has 0 spiro atoms. The van der Waals surface area contributed by atoms with Gasteiger partial charge in [0.25, 0.3) is 0 Å². The molecule has 1 aromatic heterocycles. The largest absolute Gasteiger partial charge is 0.465 e. The summed E-state index contributed by atoms with van der Waals surface area (Å²) in [6.07, 6.45) is -3.51. The molecule has 116 valence electrons. The van der Waals surface area contributed by atoms with Crippen molar-refractivity contribution in [2.75, 3.05) is 19.0 Å². The third kappa shape index (κ3) is 3.06. The van der Waals surface area contributed by atoms with Gasteiger partial charge in [-0.2, -0.15) is 0 Å². The van der Waals surface area contributed by atoms with Gasteiger partial charge in [0.15, 0.2) is 6.23 Å². The van der Waals surface area contributed by atoms with E-state index >= 15 is 0 Å². The van der Waals surface area contributed by atoms with Gasteiger partial charge in [0, 0.05) is 0 Å². The summed E-state index contributed by atoms with van der Waals surface area (Å²) in [4.78, 5) is 19.2. The Morgan fingerprint density at radius 3 is 2.76 bits per heavy atom. The third-order valence-electron chi connectivity index (χ3n) is 3.01. The van der Waals surface area contributed by atoms with Gasteiger partial charge in [0.05, 0.1) is 13.7 Å². The van der Waals surface area contributed by atoms with Gasteiger partial charge in [0.1, 0.15) is 41.2 Å². The molecule has 2 rings (SSSR count). The van der Waals surface area contributed by atoms with Crippen LogP contribution < -0.4 is 5.32 Å². The molecule has 1 aromatic rings. The highest BCUT2D eigenvalue weighted by Crippen LogP contribution is 2.26. The molecular weight excluding hydrogens is 306 g/mol. The number of aliphatic hydroxyl groups is 3. The Balaban J connectivity index is 2.24. The number of esters is 1. The molecule has 1 fully saturated rings. The summed E-state index contributed by atoms with van der Waals surface area (Å²) in [5.41, 5.74) is -0.126. The summed E-state index contributed by atoms with van der Waals surface area (Å²) in [5.74, 6) is -0.786. The van der Waals surface area contributed by atoms with Crippen LogP contribution in [0.2, 0.25) is 5.15 Å². The zero-order valence-corrected chi connectivity index (χ0v) is 11.7. The van der Waals surface area contributed by atoms with Crippen LogP contribution in [0, 0.1) is 0 Å². The summed E-state index contributed by atoms with van der Waals surface area (Å²) < 4.78 is 9.81. The van der Waals surface area contributed by atoms with Crippen molar-refractivity contribution in [2.24, 2.45) is 0 Å². The van der Waals surface area contributed by atoms with Gasteiger partial charge in [-0.05, 0) is 0 Å². The van der Waals surface area contributed by atoms with Gasteiger partial charge in [-0.1, -0.05) is 11.6 Å². The van der Waals surface area contributed by atoms with E-state index in [0.29, 0.717) is 0 Å². The first-order chi connectivity index (χ1) is 9.99. The molecule has 0 bridgehead atoms. The zero-order chi connectivity index (χ0) is 15.6. The van der Waals surface area contributed by atoms with E-state index in [0.717, 1.165) is 6.33 Å². The molecule has 0 unspecified atom stereocenters. The van der Waals surface area contributed by atoms with Crippen LogP contribution in [0.4, 0.5) is 5.82 Å². The van der Waals surface area contributed by atoms with Gasteiger partial charge in [-0.15, -0.1) is 0 Å². The maximum Gasteiger partial charge on any atom is 0.344 e. The molecule has 4 N–H and O–H groups in total. The van der Waals surface area contributed by atoms with Crippen molar-refractivity contribution in [2.45, 2.75) is 24.5 Å². The molecule has 0 amide bonds. The average molecular weight is 320 g/mol. The lowest BCUT2D eigenvalue weighted by Gasteiger charge is -2.18. The SMILES string of the molecule is COC(=O)c1c(Cl)ncnc1N[C@@H]1O[C@H](CO)[C@@H](O)[C@H]1O. The molecule has 21 heavy (non-hydrogen) atoms. The molecular formula is C11H14ClN3O6. The standard InChI is InChI=1S/C11H14ClN3O6/c1-20-11(19)5-8(12)13-3-14-9(5)15-10-7(18)6(17)4(2-16)21-10/h3-4,6-7,10,16-18H,2H2,1H3,(H,13,14,15)/t4-,6-,7-,10-/m1/s1. The Morgan fingerprint density at radius 2 is 2.19 bits per heavy atom. The highest BCUT2D eigenvalue weighted by atomic mass is 35.5. The van der Waals surface area contributed by atoms with Gasteiger partial charge in [0.2, 0.25) is 0 Å². The predicted molar refractivity (Wildman–Crippen MR) is 69.8 cm³/mol. The number of nitrogens with zero attached hydrogens (tertiary/aromatic N) is 2. The lowest BCUT2D eigenvalue weighted by Crippen LogP contribution is -2.37. The minimum Gasteiger partial charge on any atom is -0.465 e. The number of hydrogen-bond donors (Lipinski definition) is 4. The molecule has 9 nitrogen and oxygen atoms in total. The number of anilines is 1. The van der Waals surface area contributed by atoms with E-state index in [2.05, 4.69) is 20.0 Å². The third-order valence-corrected chi connectivity index (χ3v) is 3.30. The fourth-order valence-electron chi connectivity index (χ4n) is 1.91. The number of nitrogens with one attached hydrogen (secondary N) is 1. The quantitative estimate of drug-likeness (QED) is 0.397. The molecule has 0 saturated carbocycles. The van der Waals surface area contributed by atoms with Crippen LogP contribution in [0.1, 0.15) is 10.4 Å². The van der Waals surface area contributed by atoms with Crippen LogP contribution >= 0.6 is 11.6 Å². The van der Waals surface area contributed by atoms with Gasteiger partial charge in [-0.25, -0.2) is 14.8 Å². The number of hydrogen-bond acceptors (Lipinski definition) is 9. The second-order valence-corrected chi connectivity index (χ2v) is 4.64. The first-order valence-electron chi connectivity index (χ1n) is 5.97. The van der Waals surface area contributed by atoms with E-state index in [1.807, 2.05) is 0 Å². The number of rotatable bonds is 4. The normalized spacial score (nSPS) is 28.4. The number of carbonyl (C=O) groups excluding carboxylic acids is 1. The molecule has 1 aliphatic heterocycles. The number of methoxy groups -OCH3 is 1. The Bertz CT molecular complexity index is 531. The van der Waals surface area contributed by atoms with E-state index in [1.165, 1.54) is 7.11 Å². The predicted octanol–water partition coefficient (Wildman–Crippen LogP) is -1.23. The first-order valence-corrected chi connectivity index (χ1v) is 6.35. The van der Waals surface area contributed by atoms with Crippen LogP contribution in [0.5, 0.6) is 0 Å². The van der Waals surface area contributed by atoms with Crippen molar-refractivity contribution in [3.05, 3.63) is 17.0 Å². The smallest absolute Gasteiger partial charge is 0.344 e. The number of ether oxygens (including phenoxy) is 2. The second kappa shape index (κ2) is 6.50. The fraction of sp³-hybridized carbons (Fsp3) is 0.545. The van der Waals surface area contributed by atoms with E-state index < -0.39 is 37.1 Å². The van der Waals surface area contributed by atoms with Crippen LogP contribution in [-0.2, 0) is 9.47 Å².